The molecule has 0 saturated heterocycles. The monoisotopic (exact) mass is 269 g/mol. The van der Waals surface area contributed by atoms with E-state index < -0.39 is 0 Å². The van der Waals surface area contributed by atoms with E-state index in [9.17, 15) is 0 Å². The third-order valence-corrected chi connectivity index (χ3v) is 4.24. The molecule has 1 aromatic heterocycles. The molecule has 1 aromatic rings. The molecule has 1 aliphatic carbocycles. The summed E-state index contributed by atoms with van der Waals surface area (Å²) in [6.07, 6.45) is 11.2. The lowest BCUT2D eigenvalue weighted by molar-refractivity contribution is 0.298. The van der Waals surface area contributed by atoms with Crippen molar-refractivity contribution in [2.75, 3.05) is 5.33 Å². The van der Waals surface area contributed by atoms with E-state index in [1.165, 1.54) is 12.8 Å². The molecule has 0 amide bonds. The van der Waals surface area contributed by atoms with Gasteiger partial charge in [-0.1, -0.05) is 33.3 Å². The van der Waals surface area contributed by atoms with Gasteiger partial charge in [0.15, 0.2) is 0 Å². The van der Waals surface area contributed by atoms with Gasteiger partial charge in [-0.15, -0.1) is 5.10 Å². The van der Waals surface area contributed by atoms with Crippen LogP contribution in [-0.4, -0.2) is 20.3 Å². The van der Waals surface area contributed by atoms with E-state index in [4.69, 9.17) is 0 Å². The molecule has 4 heteroatoms. The van der Waals surface area contributed by atoms with Crippen molar-refractivity contribution in [1.29, 1.82) is 0 Å². The first kappa shape index (κ1) is 10.9. The lowest BCUT2D eigenvalue weighted by Gasteiger charge is -2.32. The minimum Gasteiger partial charge on any atom is -0.255 e. The van der Waals surface area contributed by atoms with Crippen LogP contribution < -0.4 is 0 Å². The summed E-state index contributed by atoms with van der Waals surface area (Å²) in [4.78, 5) is 0. The van der Waals surface area contributed by atoms with Crippen LogP contribution in [0.5, 0.6) is 0 Å². The van der Waals surface area contributed by atoms with Crippen LogP contribution in [0.25, 0.3) is 0 Å². The summed E-state index contributed by atoms with van der Waals surface area (Å²) in [6, 6.07) is 0. The van der Waals surface area contributed by atoms with E-state index >= 15 is 0 Å². The van der Waals surface area contributed by atoms with Gasteiger partial charge in [-0.05, 0) is 31.1 Å². The molecule has 0 fully saturated rings. The highest BCUT2D eigenvalue weighted by atomic mass is 79.9. The number of aryl methyl sites for hydroxylation is 1. The molecule has 0 spiro atoms. The lowest BCUT2D eigenvalue weighted by Crippen LogP contribution is -2.26. The van der Waals surface area contributed by atoms with Gasteiger partial charge in [0.25, 0.3) is 0 Å². The van der Waals surface area contributed by atoms with Gasteiger partial charge >= 0.3 is 0 Å². The summed E-state index contributed by atoms with van der Waals surface area (Å²) < 4.78 is 1.77. The van der Waals surface area contributed by atoms with Crippen molar-refractivity contribution in [3.8, 4) is 0 Å². The highest BCUT2D eigenvalue weighted by Gasteiger charge is 2.30. The minimum absolute atomic E-state index is 0.352. The standard InChI is InChI=1S/C11H16BrN3/c1-15-8-10(13-14-15)7-11(9-12)5-3-2-4-6-11/h2-3,8H,4-7,9H2,1H3. The Balaban J connectivity index is 2.10. The molecule has 0 radical (unpaired) electrons. The summed E-state index contributed by atoms with van der Waals surface area (Å²) in [5.74, 6) is 0. The number of halogens is 1. The van der Waals surface area contributed by atoms with Gasteiger partial charge in [0.2, 0.25) is 0 Å². The summed E-state index contributed by atoms with van der Waals surface area (Å²) in [6.45, 7) is 0. The van der Waals surface area contributed by atoms with Crippen LogP contribution in [0.2, 0.25) is 0 Å². The van der Waals surface area contributed by atoms with E-state index in [0.717, 1.165) is 23.9 Å². The van der Waals surface area contributed by atoms with Crippen LogP contribution in [0, 0.1) is 5.41 Å². The summed E-state index contributed by atoms with van der Waals surface area (Å²) in [5.41, 5.74) is 1.46. The predicted octanol–water partition coefficient (Wildman–Crippen LogP) is 2.48. The second-order valence-electron chi connectivity index (χ2n) is 4.41. The molecule has 1 heterocycles. The predicted molar refractivity (Wildman–Crippen MR) is 63.9 cm³/mol. The third-order valence-electron chi connectivity index (χ3n) is 3.05. The maximum absolute atomic E-state index is 4.17. The van der Waals surface area contributed by atoms with Gasteiger partial charge in [0.05, 0.1) is 5.69 Å². The first-order valence-electron chi connectivity index (χ1n) is 5.30. The SMILES string of the molecule is Cn1cc(CC2(CBr)CC=CCC2)nn1. The zero-order chi connectivity index (χ0) is 10.7. The zero-order valence-electron chi connectivity index (χ0n) is 8.99. The molecule has 2 rings (SSSR count). The maximum Gasteiger partial charge on any atom is 0.0832 e. The molecular formula is C11H16BrN3. The molecular weight excluding hydrogens is 254 g/mol. The lowest BCUT2D eigenvalue weighted by atomic mass is 9.75. The maximum atomic E-state index is 4.17. The average Bonchev–Trinajstić information content (AvgIpc) is 2.65. The third kappa shape index (κ3) is 2.48. The van der Waals surface area contributed by atoms with Crippen molar-refractivity contribution in [2.45, 2.75) is 25.7 Å². The molecule has 0 aliphatic heterocycles. The van der Waals surface area contributed by atoms with Gasteiger partial charge in [-0.3, -0.25) is 4.68 Å². The fourth-order valence-electron chi connectivity index (χ4n) is 2.13. The van der Waals surface area contributed by atoms with Crippen molar-refractivity contribution in [2.24, 2.45) is 12.5 Å². The summed E-state index contributed by atoms with van der Waals surface area (Å²) >= 11 is 3.64. The average molecular weight is 270 g/mol. The second-order valence-corrected chi connectivity index (χ2v) is 4.97. The van der Waals surface area contributed by atoms with Gasteiger partial charge in [-0.2, -0.15) is 0 Å². The smallest absolute Gasteiger partial charge is 0.0832 e. The minimum atomic E-state index is 0.352. The number of allylic oxidation sites excluding steroid dienone is 2. The van der Waals surface area contributed by atoms with E-state index in [-0.39, 0.29) is 0 Å². The highest BCUT2D eigenvalue weighted by Crippen LogP contribution is 2.37. The first-order valence-corrected chi connectivity index (χ1v) is 6.42. The van der Waals surface area contributed by atoms with E-state index in [1.807, 2.05) is 13.2 Å². The number of aromatic nitrogens is 3. The van der Waals surface area contributed by atoms with Gasteiger partial charge in [0, 0.05) is 18.6 Å². The van der Waals surface area contributed by atoms with Crippen LogP contribution in [0.1, 0.15) is 25.0 Å². The molecule has 82 valence electrons. The van der Waals surface area contributed by atoms with Crippen molar-refractivity contribution < 1.29 is 0 Å². The Bertz CT molecular complexity index is 358. The van der Waals surface area contributed by atoms with Crippen LogP contribution in [-0.2, 0) is 13.5 Å². The number of hydrogen-bond acceptors (Lipinski definition) is 2. The van der Waals surface area contributed by atoms with Crippen LogP contribution >= 0.6 is 15.9 Å². The Morgan fingerprint density at radius 3 is 2.93 bits per heavy atom. The fraction of sp³-hybridized carbons (Fsp3) is 0.636. The van der Waals surface area contributed by atoms with E-state index in [1.54, 1.807) is 4.68 Å². The molecule has 1 atom stereocenters. The normalized spacial score (nSPS) is 25.7. The number of alkyl halides is 1. The van der Waals surface area contributed by atoms with Gasteiger partial charge in [0.1, 0.15) is 0 Å². The molecule has 1 unspecified atom stereocenters. The van der Waals surface area contributed by atoms with Crippen molar-refractivity contribution >= 4 is 15.9 Å². The number of rotatable bonds is 3. The molecule has 0 bridgehead atoms. The Labute approximate surface area is 98.7 Å². The zero-order valence-corrected chi connectivity index (χ0v) is 10.6. The second kappa shape index (κ2) is 4.47. The molecule has 3 nitrogen and oxygen atoms in total. The fourth-order valence-corrected chi connectivity index (χ4v) is 2.84. The molecule has 1 aliphatic rings. The number of hydrogen-bond donors (Lipinski definition) is 0. The van der Waals surface area contributed by atoms with E-state index in [0.29, 0.717) is 5.41 Å². The van der Waals surface area contributed by atoms with Crippen LogP contribution in [0.4, 0.5) is 0 Å². The van der Waals surface area contributed by atoms with Gasteiger partial charge in [-0.25, -0.2) is 0 Å². The molecule has 15 heavy (non-hydrogen) atoms. The summed E-state index contributed by atoms with van der Waals surface area (Å²) in [5, 5.41) is 9.19. The first-order chi connectivity index (χ1) is 7.24. The Morgan fingerprint density at radius 2 is 2.40 bits per heavy atom. The number of nitrogens with zero attached hydrogens (tertiary/aromatic N) is 3. The van der Waals surface area contributed by atoms with Crippen LogP contribution in [0.3, 0.4) is 0 Å². The van der Waals surface area contributed by atoms with Gasteiger partial charge < -0.3 is 0 Å². The van der Waals surface area contributed by atoms with Crippen molar-refractivity contribution in [3.05, 3.63) is 24.0 Å². The van der Waals surface area contributed by atoms with E-state index in [2.05, 4.69) is 38.4 Å². The highest BCUT2D eigenvalue weighted by molar-refractivity contribution is 9.09. The molecule has 0 aromatic carbocycles. The summed E-state index contributed by atoms with van der Waals surface area (Å²) in [7, 11) is 1.91. The van der Waals surface area contributed by atoms with Crippen molar-refractivity contribution in [3.63, 3.8) is 0 Å². The van der Waals surface area contributed by atoms with Crippen molar-refractivity contribution in [1.82, 2.24) is 15.0 Å². The quantitative estimate of drug-likeness (QED) is 0.624. The Kier molecular flexibility index (Phi) is 3.24. The van der Waals surface area contributed by atoms with Crippen LogP contribution in [0.15, 0.2) is 18.3 Å². The Hall–Kier alpha value is -0.640. The molecule has 0 saturated carbocycles. The largest absolute Gasteiger partial charge is 0.255 e. The Morgan fingerprint density at radius 1 is 1.53 bits per heavy atom. The molecule has 0 N–H and O–H groups in total. The topological polar surface area (TPSA) is 30.7 Å².